The van der Waals surface area contributed by atoms with Gasteiger partial charge in [0, 0.05) is 6.07 Å². The molecule has 14 heavy (non-hydrogen) atoms. The Morgan fingerprint density at radius 3 is 3.14 bits per heavy atom. The summed E-state index contributed by atoms with van der Waals surface area (Å²) < 4.78 is 6.62. The molecule has 1 aliphatic heterocycles. The first kappa shape index (κ1) is 9.42. The van der Waals surface area contributed by atoms with Gasteiger partial charge in [0.1, 0.15) is 4.70 Å². The lowest BCUT2D eigenvalue weighted by atomic mass is 10.3. The van der Waals surface area contributed by atoms with E-state index in [9.17, 15) is 0 Å². The first-order valence-electron chi connectivity index (χ1n) is 4.52. The van der Waals surface area contributed by atoms with E-state index < -0.39 is 0 Å². The molecule has 2 aromatic rings. The topological polar surface area (TPSA) is 3.88 Å². The monoisotopic (exact) mass is 334 g/mol. The molecule has 1 aliphatic rings. The van der Waals surface area contributed by atoms with Crippen LogP contribution in [0.5, 0.6) is 0 Å². The molecular formula is C10H9INS2+. The molecule has 1 atom stereocenters. The Morgan fingerprint density at radius 1 is 1.43 bits per heavy atom. The largest absolute Gasteiger partial charge is 0.298 e. The smallest absolute Gasteiger partial charge is 0.172 e. The number of thiazole rings is 1. The molecule has 1 nitrogen and oxygen atoms in total. The molecule has 0 spiro atoms. The molecule has 0 saturated carbocycles. The van der Waals surface area contributed by atoms with Crippen LogP contribution < -0.4 is 4.57 Å². The second kappa shape index (κ2) is 3.64. The number of halogens is 1. The van der Waals surface area contributed by atoms with Crippen LogP contribution in [0.15, 0.2) is 28.6 Å². The molecule has 0 N–H and O–H groups in total. The third-order valence-corrected chi connectivity index (χ3v) is 6.01. The van der Waals surface area contributed by atoms with Crippen molar-refractivity contribution in [1.29, 1.82) is 0 Å². The normalized spacial score (nSPS) is 20.2. The molecule has 0 aliphatic carbocycles. The van der Waals surface area contributed by atoms with Crippen molar-refractivity contribution < 1.29 is 4.57 Å². The summed E-state index contributed by atoms with van der Waals surface area (Å²) in [6, 6.07) is 9.41. The number of rotatable bonds is 1. The van der Waals surface area contributed by atoms with Crippen LogP contribution in [-0.4, -0.2) is 10.2 Å². The number of fused-ring (bicyclic) bond motifs is 3. The van der Waals surface area contributed by atoms with E-state index >= 15 is 0 Å². The summed E-state index contributed by atoms with van der Waals surface area (Å²) in [6.45, 7) is 0. The van der Waals surface area contributed by atoms with Crippen molar-refractivity contribution in [3.05, 3.63) is 24.3 Å². The Morgan fingerprint density at radius 2 is 2.29 bits per heavy atom. The number of alkyl halides is 1. The number of hydrogen-bond donors (Lipinski definition) is 0. The first-order valence-corrected chi connectivity index (χ1v) is 7.85. The van der Waals surface area contributed by atoms with E-state index in [1.807, 2.05) is 23.1 Å². The fourth-order valence-corrected chi connectivity index (χ4v) is 5.56. The summed E-state index contributed by atoms with van der Waals surface area (Å²) in [6.07, 6.45) is 0. The summed E-state index contributed by atoms with van der Waals surface area (Å²) in [5, 5.41) is 0. The van der Waals surface area contributed by atoms with Gasteiger partial charge in [-0.05, 0) is 17.8 Å². The van der Waals surface area contributed by atoms with Gasteiger partial charge < -0.3 is 0 Å². The molecule has 0 bridgehead atoms. The lowest BCUT2D eigenvalue weighted by molar-refractivity contribution is -0.712. The van der Waals surface area contributed by atoms with Gasteiger partial charge in [-0.15, -0.1) is 0 Å². The van der Waals surface area contributed by atoms with Crippen LogP contribution in [0.1, 0.15) is 6.04 Å². The zero-order valence-corrected chi connectivity index (χ0v) is 11.2. The number of thioether (sulfide) groups is 1. The van der Waals surface area contributed by atoms with E-state index in [1.54, 1.807) is 0 Å². The average molecular weight is 334 g/mol. The summed E-state index contributed by atoms with van der Waals surface area (Å²) in [5.41, 5.74) is 1.42. The van der Waals surface area contributed by atoms with Gasteiger partial charge in [-0.25, -0.2) is 0 Å². The zero-order chi connectivity index (χ0) is 9.54. The summed E-state index contributed by atoms with van der Waals surface area (Å²) in [5.74, 6) is 1.25. The van der Waals surface area contributed by atoms with E-state index in [4.69, 9.17) is 0 Å². The van der Waals surface area contributed by atoms with Gasteiger partial charge in [-0.1, -0.05) is 46.1 Å². The van der Waals surface area contributed by atoms with Crippen LogP contribution >= 0.6 is 45.7 Å². The lowest BCUT2D eigenvalue weighted by Crippen LogP contribution is -2.37. The van der Waals surface area contributed by atoms with Crippen LogP contribution in [0.3, 0.4) is 0 Å². The fraction of sp³-hybridized carbons (Fsp3) is 0.300. The highest BCUT2D eigenvalue weighted by Gasteiger charge is 2.35. The van der Waals surface area contributed by atoms with Crippen molar-refractivity contribution in [3.8, 4) is 0 Å². The maximum atomic E-state index is 2.51. The SMILES string of the molecule is ICC1CSc2sc3ccccc3[n+]21. The minimum atomic E-state index is 0.701. The van der Waals surface area contributed by atoms with Crippen molar-refractivity contribution in [2.45, 2.75) is 10.4 Å². The molecular weight excluding hydrogens is 325 g/mol. The minimum Gasteiger partial charge on any atom is -0.172 e. The maximum absolute atomic E-state index is 2.51. The molecule has 0 saturated heterocycles. The van der Waals surface area contributed by atoms with Crippen LogP contribution in [0.25, 0.3) is 10.2 Å². The maximum Gasteiger partial charge on any atom is 0.298 e. The average Bonchev–Trinajstić information content (AvgIpc) is 2.75. The van der Waals surface area contributed by atoms with Crippen LogP contribution in [0.4, 0.5) is 0 Å². The van der Waals surface area contributed by atoms with E-state index in [1.165, 1.54) is 24.7 Å². The molecule has 3 rings (SSSR count). The third kappa shape index (κ3) is 1.31. The van der Waals surface area contributed by atoms with Gasteiger partial charge in [0.05, 0.1) is 10.2 Å². The van der Waals surface area contributed by atoms with Crippen LogP contribution in [0.2, 0.25) is 0 Å². The number of nitrogens with zero attached hydrogens (tertiary/aromatic N) is 1. The van der Waals surface area contributed by atoms with Crippen molar-refractivity contribution in [2.75, 3.05) is 10.2 Å². The van der Waals surface area contributed by atoms with E-state index in [2.05, 4.69) is 51.4 Å². The van der Waals surface area contributed by atoms with Crippen molar-refractivity contribution in [3.63, 3.8) is 0 Å². The molecule has 4 heteroatoms. The minimum absolute atomic E-state index is 0.701. The number of hydrogen-bond acceptors (Lipinski definition) is 2. The van der Waals surface area contributed by atoms with Crippen LogP contribution in [-0.2, 0) is 0 Å². The number of aromatic nitrogens is 1. The predicted octanol–water partition coefficient (Wildman–Crippen LogP) is 3.27. The van der Waals surface area contributed by atoms with Gasteiger partial charge in [-0.2, -0.15) is 4.57 Å². The number of para-hydroxylation sites is 1. The molecule has 1 unspecified atom stereocenters. The highest BCUT2D eigenvalue weighted by atomic mass is 127. The third-order valence-electron chi connectivity index (χ3n) is 2.46. The fourth-order valence-electron chi connectivity index (χ4n) is 1.78. The van der Waals surface area contributed by atoms with E-state index in [0.717, 1.165) is 0 Å². The Balaban J connectivity index is 2.29. The Labute approximate surface area is 105 Å². The van der Waals surface area contributed by atoms with Gasteiger partial charge in [-0.3, -0.25) is 0 Å². The Kier molecular flexibility index (Phi) is 2.45. The van der Waals surface area contributed by atoms with Crippen molar-refractivity contribution >= 4 is 55.9 Å². The standard InChI is InChI=1S/C10H9INS2/c11-5-7-6-13-10-12(7)8-3-1-2-4-9(8)14-10/h1-4,7H,5-6H2/q+1. The van der Waals surface area contributed by atoms with Gasteiger partial charge >= 0.3 is 0 Å². The second-order valence-corrected chi connectivity index (χ2v) is 6.50. The summed E-state index contributed by atoms with van der Waals surface area (Å²) in [7, 11) is 0. The Hall–Kier alpha value is 0.190. The molecule has 1 aromatic heterocycles. The quantitative estimate of drug-likeness (QED) is 0.440. The predicted molar refractivity (Wildman–Crippen MR) is 70.7 cm³/mol. The molecule has 1 aromatic carbocycles. The molecule has 0 fully saturated rings. The highest BCUT2D eigenvalue weighted by Crippen LogP contribution is 2.36. The number of benzene rings is 1. The van der Waals surface area contributed by atoms with Gasteiger partial charge in [0.2, 0.25) is 5.52 Å². The van der Waals surface area contributed by atoms with Gasteiger partial charge in [0.15, 0.2) is 6.04 Å². The Bertz CT molecular complexity index is 480. The van der Waals surface area contributed by atoms with Gasteiger partial charge in [0.25, 0.3) is 4.34 Å². The second-order valence-electron chi connectivity index (χ2n) is 3.32. The molecule has 2 heterocycles. The zero-order valence-electron chi connectivity index (χ0n) is 7.44. The lowest BCUT2D eigenvalue weighted by Gasteiger charge is -1.98. The first-order chi connectivity index (χ1) is 6.90. The summed E-state index contributed by atoms with van der Waals surface area (Å²) >= 11 is 6.42. The highest BCUT2D eigenvalue weighted by molar-refractivity contribution is 14.1. The van der Waals surface area contributed by atoms with E-state index in [-0.39, 0.29) is 0 Å². The summed E-state index contributed by atoms with van der Waals surface area (Å²) in [4.78, 5) is 0. The van der Waals surface area contributed by atoms with Crippen LogP contribution in [0, 0.1) is 0 Å². The molecule has 0 radical (unpaired) electrons. The molecule has 0 amide bonds. The van der Waals surface area contributed by atoms with Crippen molar-refractivity contribution in [1.82, 2.24) is 0 Å². The molecule has 72 valence electrons. The van der Waals surface area contributed by atoms with E-state index in [0.29, 0.717) is 6.04 Å². The van der Waals surface area contributed by atoms with Crippen molar-refractivity contribution in [2.24, 2.45) is 0 Å².